The number of rotatable bonds is 6. The van der Waals surface area contributed by atoms with Gasteiger partial charge in [-0.3, -0.25) is 10.9 Å². The molecule has 0 unspecified atom stereocenters. The number of hydrogen-bond donors (Lipinski definition) is 4. The number of halogens is 1. The van der Waals surface area contributed by atoms with E-state index in [4.69, 9.17) is 17.3 Å². The molecule has 11 heteroatoms. The smallest absolute Gasteiger partial charge is 0.261 e. The van der Waals surface area contributed by atoms with Gasteiger partial charge in [-0.2, -0.15) is 4.98 Å². The molecule has 0 aliphatic rings. The quantitative estimate of drug-likeness (QED) is 0.237. The molecular formula is C23H22ClN9S. The van der Waals surface area contributed by atoms with Crippen LogP contribution in [0.5, 0.6) is 0 Å². The number of hydrazine groups is 1. The lowest BCUT2D eigenvalue weighted by Gasteiger charge is -2.08. The summed E-state index contributed by atoms with van der Waals surface area (Å²) in [6.07, 6.45) is 3.63. The van der Waals surface area contributed by atoms with E-state index in [1.807, 2.05) is 57.3 Å². The molecule has 0 aliphatic carbocycles. The van der Waals surface area contributed by atoms with E-state index in [-0.39, 0.29) is 5.82 Å². The summed E-state index contributed by atoms with van der Waals surface area (Å²) in [7, 11) is 0. The van der Waals surface area contributed by atoms with Gasteiger partial charge in [0.15, 0.2) is 16.6 Å². The molecule has 9 nitrogen and oxygen atoms in total. The van der Waals surface area contributed by atoms with Gasteiger partial charge in [0.2, 0.25) is 0 Å². The van der Waals surface area contributed by atoms with E-state index in [2.05, 4.69) is 42.0 Å². The van der Waals surface area contributed by atoms with E-state index in [0.717, 1.165) is 38.1 Å². The molecule has 5 aromatic rings. The molecule has 172 valence electrons. The van der Waals surface area contributed by atoms with Crippen LogP contribution in [0.4, 0.5) is 17.5 Å². The Morgan fingerprint density at radius 2 is 1.79 bits per heavy atom. The molecule has 2 aromatic carbocycles. The number of fused-ring (bicyclic) bond motifs is 1. The normalized spacial score (nSPS) is 11.2. The standard InChI is InChI=1S/C23H22ClN9S/c1-12-6-13(2)8-16(7-12)30-31-22-29-21-20(25)28-18(11-33(21)32-22)15-4-5-19(17(24)9-15)34-23-26-10-14(3)27-23/h4-11,30H,1-3H3,(H2,25,28)(H,26,27)(H,31,32). The first-order valence-corrected chi connectivity index (χ1v) is 11.7. The van der Waals surface area contributed by atoms with Crippen LogP contribution >= 0.6 is 23.4 Å². The van der Waals surface area contributed by atoms with Crippen molar-refractivity contribution in [3.05, 3.63) is 70.6 Å². The molecule has 34 heavy (non-hydrogen) atoms. The van der Waals surface area contributed by atoms with Gasteiger partial charge in [0, 0.05) is 16.7 Å². The van der Waals surface area contributed by atoms with Gasteiger partial charge in [0.25, 0.3) is 5.95 Å². The number of nitrogens with one attached hydrogen (secondary N) is 3. The van der Waals surface area contributed by atoms with E-state index < -0.39 is 0 Å². The fraction of sp³-hybridized carbons (Fsp3) is 0.130. The van der Waals surface area contributed by atoms with Crippen molar-refractivity contribution in [1.29, 1.82) is 0 Å². The number of nitrogen functional groups attached to an aromatic ring is 1. The van der Waals surface area contributed by atoms with Gasteiger partial charge in [-0.1, -0.05) is 35.5 Å². The van der Waals surface area contributed by atoms with Crippen molar-refractivity contribution >= 4 is 46.5 Å². The van der Waals surface area contributed by atoms with Crippen LogP contribution in [0.1, 0.15) is 16.8 Å². The summed E-state index contributed by atoms with van der Waals surface area (Å²) in [6, 6.07) is 11.9. The molecule has 0 atom stereocenters. The summed E-state index contributed by atoms with van der Waals surface area (Å²) < 4.78 is 1.60. The maximum atomic E-state index is 6.55. The van der Waals surface area contributed by atoms with Crippen LogP contribution in [0, 0.1) is 20.8 Å². The summed E-state index contributed by atoms with van der Waals surface area (Å²) in [5.74, 6) is 0.647. The van der Waals surface area contributed by atoms with Gasteiger partial charge in [-0.15, -0.1) is 5.10 Å². The molecular weight excluding hydrogens is 470 g/mol. The molecule has 0 bridgehead atoms. The van der Waals surface area contributed by atoms with Crippen LogP contribution in [0.2, 0.25) is 5.02 Å². The van der Waals surface area contributed by atoms with Crippen molar-refractivity contribution in [3.63, 3.8) is 0 Å². The average Bonchev–Trinajstić information content (AvgIpc) is 3.39. The lowest BCUT2D eigenvalue weighted by atomic mass is 10.1. The third kappa shape index (κ3) is 4.63. The Labute approximate surface area is 205 Å². The van der Waals surface area contributed by atoms with E-state index in [1.54, 1.807) is 10.7 Å². The number of anilines is 3. The Hall–Kier alpha value is -3.76. The lowest BCUT2D eigenvalue weighted by molar-refractivity contribution is 0.952. The number of nitrogens with zero attached hydrogens (tertiary/aromatic N) is 5. The van der Waals surface area contributed by atoms with Crippen molar-refractivity contribution < 1.29 is 0 Å². The summed E-state index contributed by atoms with van der Waals surface area (Å²) in [5.41, 5.74) is 18.4. The Morgan fingerprint density at radius 3 is 2.50 bits per heavy atom. The van der Waals surface area contributed by atoms with E-state index in [1.165, 1.54) is 11.8 Å². The highest BCUT2D eigenvalue weighted by Crippen LogP contribution is 2.34. The van der Waals surface area contributed by atoms with Gasteiger partial charge in [-0.05, 0) is 56.2 Å². The van der Waals surface area contributed by atoms with Crippen LogP contribution in [0.25, 0.3) is 16.9 Å². The highest BCUT2D eigenvalue weighted by atomic mass is 35.5. The Balaban J connectivity index is 1.38. The minimum Gasteiger partial charge on any atom is -0.381 e. The Kier molecular flexibility index (Phi) is 5.76. The molecule has 0 spiro atoms. The third-order valence-electron chi connectivity index (χ3n) is 5.00. The Bertz CT molecular complexity index is 1490. The van der Waals surface area contributed by atoms with Crippen molar-refractivity contribution in [3.8, 4) is 11.3 Å². The highest BCUT2D eigenvalue weighted by Gasteiger charge is 2.13. The minimum absolute atomic E-state index is 0.269. The van der Waals surface area contributed by atoms with Crippen LogP contribution in [-0.2, 0) is 0 Å². The van der Waals surface area contributed by atoms with Crippen LogP contribution in [-0.4, -0.2) is 29.5 Å². The van der Waals surface area contributed by atoms with Crippen molar-refractivity contribution in [1.82, 2.24) is 29.5 Å². The second-order valence-corrected chi connectivity index (χ2v) is 9.37. The topological polar surface area (TPSA) is 122 Å². The van der Waals surface area contributed by atoms with E-state index in [0.29, 0.717) is 22.3 Å². The molecule has 0 saturated heterocycles. The van der Waals surface area contributed by atoms with Crippen LogP contribution < -0.4 is 16.6 Å². The lowest BCUT2D eigenvalue weighted by Crippen LogP contribution is -2.10. The average molecular weight is 492 g/mol. The number of aromatic amines is 1. The number of hydrogen-bond acceptors (Lipinski definition) is 8. The number of benzene rings is 2. The summed E-state index contributed by atoms with van der Waals surface area (Å²) in [4.78, 5) is 17.4. The predicted octanol–water partition coefficient (Wildman–Crippen LogP) is 5.27. The fourth-order valence-electron chi connectivity index (χ4n) is 3.57. The SMILES string of the molecule is Cc1cc(C)cc(NNc2nc3c(N)nc(-c4ccc(Sc5nc(C)c[nH]5)c(Cl)c4)cn3n2)c1. The largest absolute Gasteiger partial charge is 0.381 e. The number of H-pyrrole nitrogens is 1. The molecule has 5 rings (SSSR count). The number of aromatic nitrogens is 6. The third-order valence-corrected chi connectivity index (χ3v) is 6.41. The highest BCUT2D eigenvalue weighted by molar-refractivity contribution is 7.99. The van der Waals surface area contributed by atoms with Gasteiger partial charge in [-0.25, -0.2) is 14.5 Å². The second kappa shape index (κ2) is 8.88. The first-order chi connectivity index (χ1) is 16.3. The molecule has 3 heterocycles. The van der Waals surface area contributed by atoms with Crippen LogP contribution in [0.15, 0.2) is 58.8 Å². The van der Waals surface area contributed by atoms with Crippen LogP contribution in [0.3, 0.4) is 0 Å². The van der Waals surface area contributed by atoms with E-state index >= 15 is 0 Å². The predicted molar refractivity (Wildman–Crippen MR) is 136 cm³/mol. The molecule has 0 fully saturated rings. The summed E-state index contributed by atoms with van der Waals surface area (Å²) in [6.45, 7) is 6.03. The van der Waals surface area contributed by atoms with Crippen molar-refractivity contribution in [2.24, 2.45) is 0 Å². The van der Waals surface area contributed by atoms with Gasteiger partial charge in [0.1, 0.15) is 0 Å². The first kappa shape index (κ1) is 22.1. The fourth-order valence-corrected chi connectivity index (χ4v) is 4.67. The molecule has 3 aromatic heterocycles. The van der Waals surface area contributed by atoms with Gasteiger partial charge in [0.05, 0.1) is 28.3 Å². The second-order valence-electron chi connectivity index (χ2n) is 7.94. The maximum absolute atomic E-state index is 6.55. The first-order valence-electron chi connectivity index (χ1n) is 10.5. The zero-order valence-electron chi connectivity index (χ0n) is 18.7. The van der Waals surface area contributed by atoms with Gasteiger partial charge < -0.3 is 10.7 Å². The summed E-state index contributed by atoms with van der Waals surface area (Å²) >= 11 is 8.01. The maximum Gasteiger partial charge on any atom is 0.261 e. The van der Waals surface area contributed by atoms with E-state index in [9.17, 15) is 0 Å². The molecule has 0 aliphatic heterocycles. The zero-order chi connectivity index (χ0) is 23.8. The zero-order valence-corrected chi connectivity index (χ0v) is 20.3. The van der Waals surface area contributed by atoms with Crippen molar-refractivity contribution in [2.45, 2.75) is 30.8 Å². The molecule has 0 saturated carbocycles. The number of aryl methyl sites for hydroxylation is 3. The van der Waals surface area contributed by atoms with Crippen molar-refractivity contribution in [2.75, 3.05) is 16.6 Å². The molecule has 0 radical (unpaired) electrons. The number of nitrogens with two attached hydrogens (primary N) is 1. The Morgan fingerprint density at radius 1 is 1.00 bits per heavy atom. The number of imidazole rings is 1. The minimum atomic E-state index is 0.269. The molecule has 0 amide bonds. The van der Waals surface area contributed by atoms with Gasteiger partial charge >= 0.3 is 0 Å². The molecule has 5 N–H and O–H groups in total. The monoisotopic (exact) mass is 491 g/mol. The summed E-state index contributed by atoms with van der Waals surface area (Å²) in [5, 5.41) is 5.86.